The topological polar surface area (TPSA) is 96.8 Å². The molecule has 1 atom stereocenters. The van der Waals surface area contributed by atoms with Gasteiger partial charge in [0.2, 0.25) is 5.91 Å². The van der Waals surface area contributed by atoms with Crippen LogP contribution in [-0.4, -0.2) is 44.6 Å². The molecule has 5 rings (SSSR count). The van der Waals surface area contributed by atoms with Crippen LogP contribution in [0.5, 0.6) is 0 Å². The third-order valence-corrected chi connectivity index (χ3v) is 6.37. The molecule has 4 aromatic rings. The third kappa shape index (κ3) is 4.46. The quantitative estimate of drug-likeness (QED) is 0.399. The van der Waals surface area contributed by atoms with Crippen LogP contribution >= 0.6 is 11.3 Å². The van der Waals surface area contributed by atoms with Gasteiger partial charge in [-0.3, -0.25) is 4.79 Å². The van der Waals surface area contributed by atoms with Crippen LogP contribution in [0.15, 0.2) is 49.1 Å². The highest BCUT2D eigenvalue weighted by atomic mass is 32.1. The molecule has 0 radical (unpaired) electrons. The molecule has 1 aromatic carbocycles. The molecule has 0 bridgehead atoms. The zero-order valence-corrected chi connectivity index (χ0v) is 18.0. The Morgan fingerprint density at radius 2 is 2.09 bits per heavy atom. The van der Waals surface area contributed by atoms with E-state index >= 15 is 0 Å². The number of imidazole rings is 1. The molecular weight excluding hydrogens is 429 g/mol. The smallest absolute Gasteiger partial charge is 0.237 e. The number of rotatable bonds is 7. The predicted molar refractivity (Wildman–Crippen MR) is 122 cm³/mol. The van der Waals surface area contributed by atoms with Gasteiger partial charge in [-0.25, -0.2) is 19.3 Å². The van der Waals surface area contributed by atoms with Crippen molar-refractivity contribution < 1.29 is 9.18 Å². The zero-order valence-electron chi connectivity index (χ0n) is 17.2. The lowest BCUT2D eigenvalue weighted by molar-refractivity contribution is -0.122. The van der Waals surface area contributed by atoms with Crippen molar-refractivity contribution in [3.8, 4) is 10.4 Å². The van der Waals surface area contributed by atoms with E-state index in [0.717, 1.165) is 40.9 Å². The Morgan fingerprint density at radius 1 is 1.22 bits per heavy atom. The van der Waals surface area contributed by atoms with E-state index in [2.05, 4.69) is 30.9 Å². The first-order valence-corrected chi connectivity index (χ1v) is 11.3. The molecule has 0 aliphatic carbocycles. The summed E-state index contributed by atoms with van der Waals surface area (Å²) >= 11 is 1.47. The molecule has 0 spiro atoms. The second kappa shape index (κ2) is 9.01. The zero-order chi connectivity index (χ0) is 21.9. The molecule has 8 nitrogen and oxygen atoms in total. The summed E-state index contributed by atoms with van der Waals surface area (Å²) in [6.07, 6.45) is 7.15. The van der Waals surface area contributed by atoms with Crippen molar-refractivity contribution in [2.45, 2.75) is 25.4 Å². The van der Waals surface area contributed by atoms with E-state index in [-0.39, 0.29) is 17.8 Å². The summed E-state index contributed by atoms with van der Waals surface area (Å²) in [7, 11) is 0. The second-order valence-corrected chi connectivity index (χ2v) is 8.63. The summed E-state index contributed by atoms with van der Waals surface area (Å²) < 4.78 is 15.1. The Bertz CT molecular complexity index is 1230. The van der Waals surface area contributed by atoms with Gasteiger partial charge in [-0.15, -0.1) is 0 Å². The van der Waals surface area contributed by atoms with E-state index in [1.165, 1.54) is 23.5 Å². The number of nitrogens with zero attached hydrogens (tertiary/aromatic N) is 4. The van der Waals surface area contributed by atoms with E-state index < -0.39 is 0 Å². The lowest BCUT2D eigenvalue weighted by Crippen LogP contribution is -2.41. The number of nitrogens with one attached hydrogen (secondary N) is 3. The van der Waals surface area contributed by atoms with E-state index in [1.807, 2.05) is 10.6 Å². The maximum Gasteiger partial charge on any atom is 0.237 e. The Kier molecular flexibility index (Phi) is 5.78. The second-order valence-electron chi connectivity index (χ2n) is 7.60. The van der Waals surface area contributed by atoms with Crippen molar-refractivity contribution >= 4 is 39.2 Å². The van der Waals surface area contributed by atoms with Crippen molar-refractivity contribution in [1.29, 1.82) is 0 Å². The first kappa shape index (κ1) is 20.5. The lowest BCUT2D eigenvalue weighted by Gasteiger charge is -2.11. The SMILES string of the molecule is O=C(NCCn1cnc2cnc(Nc3ncc(-c4ccc(F)cc4)s3)cc21)[C@@H]1CCCN1. The van der Waals surface area contributed by atoms with Gasteiger partial charge < -0.3 is 20.5 Å². The van der Waals surface area contributed by atoms with Gasteiger partial charge in [-0.05, 0) is 37.1 Å². The molecule has 1 aliphatic heterocycles. The average molecular weight is 452 g/mol. The van der Waals surface area contributed by atoms with Crippen LogP contribution in [0.1, 0.15) is 12.8 Å². The molecule has 32 heavy (non-hydrogen) atoms. The lowest BCUT2D eigenvalue weighted by atomic mass is 10.2. The Hall–Kier alpha value is -3.37. The molecule has 3 N–H and O–H groups in total. The number of carbonyl (C=O) groups excluding carboxylic acids is 1. The number of aromatic nitrogens is 4. The number of benzene rings is 1. The maximum absolute atomic E-state index is 13.2. The predicted octanol–water partition coefficient (Wildman–Crippen LogP) is 3.31. The Balaban J connectivity index is 1.25. The summed E-state index contributed by atoms with van der Waals surface area (Å²) in [5.41, 5.74) is 2.62. The van der Waals surface area contributed by atoms with Crippen molar-refractivity contribution in [1.82, 2.24) is 30.2 Å². The summed E-state index contributed by atoms with van der Waals surface area (Å²) in [4.78, 5) is 26.3. The largest absolute Gasteiger partial charge is 0.353 e. The Labute approximate surface area is 187 Å². The van der Waals surface area contributed by atoms with Crippen LogP contribution < -0.4 is 16.0 Å². The maximum atomic E-state index is 13.2. The molecule has 4 heterocycles. The normalized spacial score (nSPS) is 15.8. The standard InChI is InChI=1S/C22H22FN7OS/c23-15-5-3-14(4-6-15)19-12-27-22(32-19)29-20-10-18-17(11-26-20)28-13-30(18)9-8-25-21(31)16-2-1-7-24-16/h3-6,10-13,16,24H,1-2,7-9H2,(H,25,31)(H,26,27,29)/t16-/m0/s1. The van der Waals surface area contributed by atoms with Gasteiger partial charge >= 0.3 is 0 Å². The van der Waals surface area contributed by atoms with E-state index in [4.69, 9.17) is 0 Å². The number of amides is 1. The van der Waals surface area contributed by atoms with Crippen LogP contribution in [0, 0.1) is 5.82 Å². The van der Waals surface area contributed by atoms with Crippen LogP contribution in [0.3, 0.4) is 0 Å². The fourth-order valence-electron chi connectivity index (χ4n) is 3.73. The molecule has 1 aliphatic rings. The van der Waals surface area contributed by atoms with E-state index in [1.54, 1.807) is 30.9 Å². The van der Waals surface area contributed by atoms with Crippen LogP contribution in [0.25, 0.3) is 21.5 Å². The monoisotopic (exact) mass is 451 g/mol. The highest BCUT2D eigenvalue weighted by molar-refractivity contribution is 7.18. The Morgan fingerprint density at radius 3 is 2.91 bits per heavy atom. The molecule has 3 aromatic heterocycles. The van der Waals surface area contributed by atoms with Gasteiger partial charge in [0.05, 0.1) is 29.0 Å². The van der Waals surface area contributed by atoms with E-state index in [9.17, 15) is 9.18 Å². The number of pyridine rings is 1. The van der Waals surface area contributed by atoms with Gasteiger partial charge in [0.15, 0.2) is 5.13 Å². The number of halogens is 1. The van der Waals surface area contributed by atoms with Crippen LogP contribution in [0.2, 0.25) is 0 Å². The van der Waals surface area contributed by atoms with Gasteiger partial charge in [-0.1, -0.05) is 23.5 Å². The minimum Gasteiger partial charge on any atom is -0.353 e. The number of fused-ring (bicyclic) bond motifs is 1. The van der Waals surface area contributed by atoms with Gasteiger partial charge in [-0.2, -0.15) is 0 Å². The van der Waals surface area contributed by atoms with E-state index in [0.29, 0.717) is 24.0 Å². The minimum absolute atomic E-state index is 0.0525. The summed E-state index contributed by atoms with van der Waals surface area (Å²) in [5.74, 6) is 0.440. The highest BCUT2D eigenvalue weighted by Gasteiger charge is 2.21. The van der Waals surface area contributed by atoms with Crippen molar-refractivity contribution in [2.75, 3.05) is 18.4 Å². The molecule has 10 heteroatoms. The van der Waals surface area contributed by atoms with Gasteiger partial charge in [0.1, 0.15) is 17.2 Å². The van der Waals surface area contributed by atoms with Gasteiger partial charge in [0.25, 0.3) is 0 Å². The molecular formula is C22H22FN7OS. The number of carbonyl (C=O) groups is 1. The highest BCUT2D eigenvalue weighted by Crippen LogP contribution is 2.30. The summed E-state index contributed by atoms with van der Waals surface area (Å²) in [6, 6.07) is 8.18. The molecule has 0 saturated carbocycles. The number of thiazole rings is 1. The third-order valence-electron chi connectivity index (χ3n) is 5.41. The number of hydrogen-bond acceptors (Lipinski definition) is 7. The number of hydrogen-bond donors (Lipinski definition) is 3. The average Bonchev–Trinajstić information content (AvgIpc) is 3.56. The molecule has 0 unspecified atom stereocenters. The first-order valence-electron chi connectivity index (χ1n) is 10.5. The summed E-state index contributed by atoms with van der Waals surface area (Å²) in [5, 5.41) is 10.1. The van der Waals surface area contributed by atoms with Crippen molar-refractivity contribution in [3.63, 3.8) is 0 Å². The minimum atomic E-state index is -0.263. The fraction of sp³-hybridized carbons (Fsp3) is 0.273. The number of anilines is 2. The molecule has 1 amide bonds. The van der Waals surface area contributed by atoms with Crippen molar-refractivity contribution in [2.24, 2.45) is 0 Å². The molecule has 1 fully saturated rings. The van der Waals surface area contributed by atoms with Gasteiger partial charge in [0, 0.05) is 25.4 Å². The molecule has 164 valence electrons. The fourth-order valence-corrected chi connectivity index (χ4v) is 4.56. The summed E-state index contributed by atoms with van der Waals surface area (Å²) in [6.45, 7) is 2.04. The van der Waals surface area contributed by atoms with Crippen LogP contribution in [-0.2, 0) is 11.3 Å². The van der Waals surface area contributed by atoms with Crippen molar-refractivity contribution in [3.05, 3.63) is 54.9 Å². The molecule has 1 saturated heterocycles. The van der Waals surface area contributed by atoms with Crippen LogP contribution in [0.4, 0.5) is 15.3 Å². The first-order chi connectivity index (χ1) is 15.7.